The van der Waals surface area contributed by atoms with E-state index in [4.69, 9.17) is 0 Å². The van der Waals surface area contributed by atoms with Crippen molar-refractivity contribution in [3.8, 4) is 66.8 Å². The first-order valence-electron chi connectivity index (χ1n) is 18.6. The quantitative estimate of drug-likeness (QED) is 0.152. The highest BCUT2D eigenvalue weighted by molar-refractivity contribution is 6.89. The summed E-state index contributed by atoms with van der Waals surface area (Å²) in [7, 11) is -2.76. The van der Waals surface area contributed by atoms with Crippen LogP contribution < -0.4 is 10.4 Å². The zero-order valence-electron chi connectivity index (χ0n) is 31.0. The van der Waals surface area contributed by atoms with Gasteiger partial charge in [-0.15, -0.1) is 0 Å². The van der Waals surface area contributed by atoms with Crippen molar-refractivity contribution in [2.75, 3.05) is 0 Å². The van der Waals surface area contributed by atoms with E-state index in [1.807, 2.05) is 0 Å². The number of benzene rings is 8. The van der Waals surface area contributed by atoms with Crippen molar-refractivity contribution in [3.63, 3.8) is 0 Å². The molecule has 0 nitrogen and oxygen atoms in total. The summed E-state index contributed by atoms with van der Waals surface area (Å²) in [5.41, 5.74) is 15.5. The molecule has 0 saturated heterocycles. The Kier molecular flexibility index (Phi) is 7.62. The predicted molar refractivity (Wildman–Crippen MR) is 234 cm³/mol. The third kappa shape index (κ3) is 5.41. The summed E-state index contributed by atoms with van der Waals surface area (Å²) in [6.07, 6.45) is 0. The summed E-state index contributed by atoms with van der Waals surface area (Å²) in [4.78, 5) is 0. The first-order valence-corrected chi connectivity index (χ1v) is 25.6. The monoisotopic (exact) mass is 700 g/mol. The Morgan fingerprint density at radius 1 is 0.308 bits per heavy atom. The molecule has 0 bridgehead atoms. The standard InChI is InChI=1S/C50H44Si2/c1-51(2,3)40-27-23-33(24-28-40)36-15-9-17-38(31-36)47-42-19-7-8-20-43(42)48(50-45-22-12-14-35-13-11-21-44(46(35)45)49(47)50)39-18-10-16-37(32-39)34-25-29-41(30-26-34)52(4,5)6/h7-32H,1-6H3. The SMILES string of the molecule is C[Si](C)(C)c1ccc(-c2cccc(-c3c4c(c(-c5cccc(-c6ccc([Si](C)(C)C)cc6)c5)c5ccccc35)-c3cccc5cccc-4c35)c2)cc1. The molecule has 252 valence electrons. The molecule has 1 aliphatic rings. The van der Waals surface area contributed by atoms with Crippen molar-refractivity contribution in [3.05, 3.63) is 158 Å². The van der Waals surface area contributed by atoms with Crippen LogP contribution in [0.5, 0.6) is 0 Å². The normalized spacial score (nSPS) is 12.4. The molecule has 0 radical (unpaired) electrons. The van der Waals surface area contributed by atoms with Crippen LogP contribution in [0.1, 0.15) is 0 Å². The van der Waals surface area contributed by atoms with Crippen LogP contribution in [0.25, 0.3) is 88.3 Å². The molecule has 9 rings (SSSR count). The van der Waals surface area contributed by atoms with Crippen molar-refractivity contribution >= 4 is 48.1 Å². The fourth-order valence-corrected chi connectivity index (χ4v) is 10.7. The van der Waals surface area contributed by atoms with Gasteiger partial charge in [0.25, 0.3) is 0 Å². The summed E-state index contributed by atoms with van der Waals surface area (Å²) >= 11 is 0. The molecule has 0 aliphatic heterocycles. The second kappa shape index (κ2) is 12.2. The van der Waals surface area contributed by atoms with Crippen LogP contribution in [0.2, 0.25) is 39.3 Å². The first kappa shape index (κ1) is 32.6. The summed E-state index contributed by atoms with van der Waals surface area (Å²) in [5.74, 6) is 0. The van der Waals surface area contributed by atoms with E-state index in [-0.39, 0.29) is 0 Å². The topological polar surface area (TPSA) is 0 Å². The third-order valence-electron chi connectivity index (χ3n) is 11.1. The molecule has 0 spiro atoms. The van der Waals surface area contributed by atoms with Gasteiger partial charge in [-0.3, -0.25) is 0 Å². The van der Waals surface area contributed by atoms with Crippen LogP contribution >= 0.6 is 0 Å². The zero-order chi connectivity index (χ0) is 35.8. The first-order chi connectivity index (χ1) is 25.1. The Morgan fingerprint density at radius 3 is 1.10 bits per heavy atom. The Labute approximate surface area is 310 Å². The van der Waals surface area contributed by atoms with Crippen LogP contribution in [0.3, 0.4) is 0 Å². The van der Waals surface area contributed by atoms with Gasteiger partial charge in [0.15, 0.2) is 0 Å². The molecule has 0 atom stereocenters. The minimum atomic E-state index is -1.38. The Balaban J connectivity index is 1.30. The van der Waals surface area contributed by atoms with Crippen LogP contribution in [0, 0.1) is 0 Å². The lowest BCUT2D eigenvalue weighted by molar-refractivity contribution is 1.59. The van der Waals surface area contributed by atoms with Gasteiger partial charge in [0.1, 0.15) is 0 Å². The number of rotatable bonds is 6. The van der Waals surface area contributed by atoms with E-state index < -0.39 is 16.1 Å². The van der Waals surface area contributed by atoms with Crippen LogP contribution in [-0.2, 0) is 0 Å². The fourth-order valence-electron chi connectivity index (χ4n) is 8.37. The van der Waals surface area contributed by atoms with Gasteiger partial charge in [-0.2, -0.15) is 0 Å². The molecular formula is C50H44Si2. The lowest BCUT2D eigenvalue weighted by Gasteiger charge is -2.21. The van der Waals surface area contributed by atoms with Crippen molar-refractivity contribution in [1.29, 1.82) is 0 Å². The minimum Gasteiger partial charge on any atom is -0.0656 e. The van der Waals surface area contributed by atoms with E-state index in [0.29, 0.717) is 0 Å². The van der Waals surface area contributed by atoms with Gasteiger partial charge in [0, 0.05) is 0 Å². The molecule has 0 amide bonds. The van der Waals surface area contributed by atoms with Crippen molar-refractivity contribution < 1.29 is 0 Å². The maximum absolute atomic E-state index is 2.42. The smallest absolute Gasteiger partial charge is 0.0656 e. The van der Waals surface area contributed by atoms with E-state index in [2.05, 4.69) is 197 Å². The largest absolute Gasteiger partial charge is 0.0775 e. The number of hydrogen-bond donors (Lipinski definition) is 0. The second-order valence-corrected chi connectivity index (χ2v) is 26.7. The van der Waals surface area contributed by atoms with Crippen LogP contribution in [0.15, 0.2) is 158 Å². The summed E-state index contributed by atoms with van der Waals surface area (Å²) in [6, 6.07) is 59.9. The summed E-state index contributed by atoms with van der Waals surface area (Å²) in [5, 5.41) is 8.21. The van der Waals surface area contributed by atoms with E-state index in [1.54, 1.807) is 0 Å². The molecule has 8 aromatic carbocycles. The maximum atomic E-state index is 2.42. The molecule has 0 aromatic heterocycles. The highest BCUT2D eigenvalue weighted by Gasteiger charge is 2.30. The number of hydrogen-bond acceptors (Lipinski definition) is 0. The lowest BCUT2D eigenvalue weighted by atomic mass is 9.82. The highest BCUT2D eigenvalue weighted by Crippen LogP contribution is 2.57. The maximum Gasteiger partial charge on any atom is 0.0775 e. The Morgan fingerprint density at radius 2 is 0.692 bits per heavy atom. The fraction of sp³-hybridized carbons (Fsp3) is 0.120. The summed E-state index contributed by atoms with van der Waals surface area (Å²) < 4.78 is 0. The molecule has 2 heteroatoms. The van der Waals surface area contributed by atoms with Crippen molar-refractivity contribution in [2.24, 2.45) is 0 Å². The van der Waals surface area contributed by atoms with Crippen LogP contribution in [0.4, 0.5) is 0 Å². The highest BCUT2D eigenvalue weighted by atomic mass is 28.3. The molecule has 0 saturated carbocycles. The summed E-state index contributed by atoms with van der Waals surface area (Å²) in [6.45, 7) is 14.5. The Bertz CT molecular complexity index is 2480. The molecule has 1 aliphatic carbocycles. The van der Waals surface area contributed by atoms with Crippen LogP contribution in [-0.4, -0.2) is 16.1 Å². The van der Waals surface area contributed by atoms with E-state index >= 15 is 0 Å². The van der Waals surface area contributed by atoms with Gasteiger partial charge < -0.3 is 0 Å². The third-order valence-corrected chi connectivity index (χ3v) is 15.3. The molecular weight excluding hydrogens is 657 g/mol. The van der Waals surface area contributed by atoms with E-state index in [1.165, 1.54) is 98.7 Å². The zero-order valence-corrected chi connectivity index (χ0v) is 33.0. The van der Waals surface area contributed by atoms with E-state index in [0.717, 1.165) is 0 Å². The van der Waals surface area contributed by atoms with Crippen molar-refractivity contribution in [1.82, 2.24) is 0 Å². The van der Waals surface area contributed by atoms with E-state index in [9.17, 15) is 0 Å². The molecule has 52 heavy (non-hydrogen) atoms. The van der Waals surface area contributed by atoms with Gasteiger partial charge in [0.2, 0.25) is 0 Å². The van der Waals surface area contributed by atoms with Crippen molar-refractivity contribution in [2.45, 2.75) is 39.3 Å². The van der Waals surface area contributed by atoms with Gasteiger partial charge >= 0.3 is 0 Å². The average Bonchev–Trinajstić information content (AvgIpc) is 3.48. The predicted octanol–water partition coefficient (Wildman–Crippen LogP) is 13.4. The van der Waals surface area contributed by atoms with Gasteiger partial charge in [-0.1, -0.05) is 195 Å². The molecule has 0 N–H and O–H groups in total. The van der Waals surface area contributed by atoms with Gasteiger partial charge in [-0.05, 0) is 100 Å². The molecule has 0 heterocycles. The minimum absolute atomic E-state index is 1.25. The molecule has 0 unspecified atom stereocenters. The molecule has 0 fully saturated rings. The Hall–Kier alpha value is -5.29. The number of fused-ring (bicyclic) bond motifs is 4. The second-order valence-electron chi connectivity index (χ2n) is 16.6. The van der Waals surface area contributed by atoms with Gasteiger partial charge in [0.05, 0.1) is 16.1 Å². The average molecular weight is 701 g/mol. The lowest BCUT2D eigenvalue weighted by Crippen LogP contribution is -2.37. The van der Waals surface area contributed by atoms with Gasteiger partial charge in [-0.25, -0.2) is 0 Å². The molecule has 8 aromatic rings.